The molecule has 2 aromatic rings. The van der Waals surface area contributed by atoms with E-state index in [1.165, 1.54) is 4.90 Å². The summed E-state index contributed by atoms with van der Waals surface area (Å²) in [6.45, 7) is 9.24. The van der Waals surface area contributed by atoms with E-state index in [-0.39, 0.29) is 12.5 Å². The summed E-state index contributed by atoms with van der Waals surface area (Å²) in [5.74, 6) is -0.710. The Hall–Kier alpha value is -2.87. The van der Waals surface area contributed by atoms with Crippen molar-refractivity contribution in [3.63, 3.8) is 0 Å². The first kappa shape index (κ1) is 26.4. The number of rotatable bonds is 9. The van der Waals surface area contributed by atoms with E-state index < -0.39 is 34.1 Å². The van der Waals surface area contributed by atoms with Gasteiger partial charge in [-0.1, -0.05) is 55.0 Å². The first-order valence-corrected chi connectivity index (χ1v) is 12.9. The van der Waals surface area contributed by atoms with Gasteiger partial charge < -0.3 is 10.2 Å². The number of amides is 2. The molecule has 1 atom stereocenters. The van der Waals surface area contributed by atoms with Gasteiger partial charge in [-0.15, -0.1) is 0 Å². The first-order valence-electron chi connectivity index (χ1n) is 11.0. The van der Waals surface area contributed by atoms with Crippen LogP contribution in [0.25, 0.3) is 0 Å². The van der Waals surface area contributed by atoms with E-state index in [2.05, 4.69) is 5.32 Å². The zero-order valence-corrected chi connectivity index (χ0v) is 21.1. The van der Waals surface area contributed by atoms with Crippen molar-refractivity contribution < 1.29 is 18.0 Å². The molecule has 7 nitrogen and oxygen atoms in total. The number of nitrogens with zero attached hydrogens (tertiary/aromatic N) is 2. The van der Waals surface area contributed by atoms with Crippen LogP contribution in [0.15, 0.2) is 54.6 Å². The van der Waals surface area contributed by atoms with Gasteiger partial charge in [0.1, 0.15) is 12.6 Å². The lowest BCUT2D eigenvalue weighted by molar-refractivity contribution is -0.141. The van der Waals surface area contributed by atoms with Gasteiger partial charge in [-0.25, -0.2) is 8.42 Å². The minimum Gasteiger partial charge on any atom is -0.350 e. The molecule has 0 aliphatic rings. The number of aryl methyl sites for hydroxylation is 1. The van der Waals surface area contributed by atoms with Gasteiger partial charge >= 0.3 is 0 Å². The number of hydrogen-bond donors (Lipinski definition) is 1. The summed E-state index contributed by atoms with van der Waals surface area (Å²) in [5.41, 5.74) is 1.84. The normalized spacial score (nSPS) is 12.7. The van der Waals surface area contributed by atoms with E-state index in [4.69, 9.17) is 0 Å². The fourth-order valence-electron chi connectivity index (χ4n) is 3.59. The van der Waals surface area contributed by atoms with E-state index >= 15 is 0 Å². The third kappa shape index (κ3) is 7.89. The van der Waals surface area contributed by atoms with Crippen LogP contribution < -0.4 is 9.62 Å². The molecule has 1 N–H and O–H groups in total. The van der Waals surface area contributed by atoms with Crippen molar-refractivity contribution in [1.29, 1.82) is 0 Å². The molecule has 33 heavy (non-hydrogen) atoms. The van der Waals surface area contributed by atoms with Gasteiger partial charge in [-0.05, 0) is 51.8 Å². The lowest BCUT2D eigenvalue weighted by Gasteiger charge is -2.34. The van der Waals surface area contributed by atoms with Gasteiger partial charge in [0, 0.05) is 12.1 Å². The molecule has 2 rings (SSSR count). The Morgan fingerprint density at radius 3 is 2.18 bits per heavy atom. The predicted octanol–water partition coefficient (Wildman–Crippen LogP) is 3.48. The van der Waals surface area contributed by atoms with Crippen LogP contribution in [-0.4, -0.2) is 49.5 Å². The van der Waals surface area contributed by atoms with Crippen molar-refractivity contribution in [2.24, 2.45) is 0 Å². The third-order valence-electron chi connectivity index (χ3n) is 5.04. The van der Waals surface area contributed by atoms with Crippen LogP contribution in [0.2, 0.25) is 0 Å². The zero-order chi connectivity index (χ0) is 24.8. The van der Waals surface area contributed by atoms with Crippen LogP contribution in [0.5, 0.6) is 0 Å². The predicted molar refractivity (Wildman–Crippen MR) is 132 cm³/mol. The van der Waals surface area contributed by atoms with Gasteiger partial charge in [-0.2, -0.15) is 0 Å². The smallest absolute Gasteiger partial charge is 0.244 e. The van der Waals surface area contributed by atoms with Gasteiger partial charge in [0.15, 0.2) is 0 Å². The maximum atomic E-state index is 13.6. The summed E-state index contributed by atoms with van der Waals surface area (Å²) >= 11 is 0. The summed E-state index contributed by atoms with van der Waals surface area (Å²) in [6.07, 6.45) is 1.46. The molecule has 0 saturated carbocycles. The number of hydrogen-bond acceptors (Lipinski definition) is 4. The highest BCUT2D eigenvalue weighted by molar-refractivity contribution is 7.92. The number of benzene rings is 2. The van der Waals surface area contributed by atoms with Gasteiger partial charge in [-0.3, -0.25) is 13.9 Å². The zero-order valence-electron chi connectivity index (χ0n) is 20.3. The average molecular weight is 474 g/mol. The first-order chi connectivity index (χ1) is 15.3. The molecule has 2 amide bonds. The Balaban J connectivity index is 2.43. The van der Waals surface area contributed by atoms with E-state index in [0.717, 1.165) is 21.7 Å². The number of nitrogens with one attached hydrogen (secondary N) is 1. The van der Waals surface area contributed by atoms with E-state index in [0.29, 0.717) is 12.1 Å². The molecule has 0 radical (unpaired) electrons. The third-order valence-corrected chi connectivity index (χ3v) is 6.18. The van der Waals surface area contributed by atoms with Crippen LogP contribution in [0.4, 0.5) is 5.69 Å². The second kappa shape index (κ2) is 10.8. The molecule has 0 unspecified atom stereocenters. The quantitative estimate of drug-likeness (QED) is 0.604. The molecule has 0 heterocycles. The molecule has 0 aromatic heterocycles. The van der Waals surface area contributed by atoms with E-state index in [1.807, 2.05) is 58.9 Å². The summed E-state index contributed by atoms with van der Waals surface area (Å²) in [5, 5.41) is 2.95. The lowest BCUT2D eigenvalue weighted by Crippen LogP contribution is -2.55. The van der Waals surface area contributed by atoms with Crippen molar-refractivity contribution in [2.45, 2.75) is 59.2 Å². The molecule has 0 aliphatic carbocycles. The molecular formula is C25H35N3O4S. The number of anilines is 1. The average Bonchev–Trinajstić information content (AvgIpc) is 2.70. The second-order valence-electron chi connectivity index (χ2n) is 9.28. The number of carbonyl (C=O) groups is 2. The highest BCUT2D eigenvalue weighted by Crippen LogP contribution is 2.20. The second-order valence-corrected chi connectivity index (χ2v) is 11.2. The van der Waals surface area contributed by atoms with Crippen molar-refractivity contribution in [3.8, 4) is 0 Å². The van der Waals surface area contributed by atoms with Crippen LogP contribution in [0.3, 0.4) is 0 Å². The Morgan fingerprint density at radius 2 is 1.67 bits per heavy atom. The molecule has 180 valence electrons. The molecule has 0 aliphatic heterocycles. The minimum absolute atomic E-state index is 0.197. The SMILES string of the molecule is CC[C@@H](C(=O)NC(C)(C)C)N(Cc1cccc(C)c1)C(=O)CN(c1ccccc1)S(C)(=O)=O. The van der Waals surface area contributed by atoms with Crippen LogP contribution in [0, 0.1) is 6.92 Å². The Labute approximate surface area is 197 Å². The van der Waals surface area contributed by atoms with Crippen molar-refractivity contribution in [3.05, 3.63) is 65.7 Å². The molecule has 2 aromatic carbocycles. The topological polar surface area (TPSA) is 86.8 Å². The standard InChI is InChI=1S/C25H35N3O4S/c1-7-22(24(30)26-25(3,4)5)27(17-20-13-11-12-19(2)16-20)23(29)18-28(33(6,31)32)21-14-9-8-10-15-21/h8-16,22H,7,17-18H2,1-6H3,(H,26,30)/t22-/m0/s1. The van der Waals surface area contributed by atoms with Gasteiger partial charge in [0.2, 0.25) is 21.8 Å². The summed E-state index contributed by atoms with van der Waals surface area (Å²) in [7, 11) is -3.72. The Bertz CT molecular complexity index is 1060. The number of carbonyl (C=O) groups excluding carboxylic acids is 2. The molecule has 0 fully saturated rings. The summed E-state index contributed by atoms with van der Waals surface area (Å²) in [6, 6.07) is 15.5. The van der Waals surface area contributed by atoms with Gasteiger partial charge in [0.25, 0.3) is 0 Å². The highest BCUT2D eigenvalue weighted by Gasteiger charge is 2.33. The monoisotopic (exact) mass is 473 g/mol. The van der Waals surface area contributed by atoms with Gasteiger partial charge in [0.05, 0.1) is 11.9 Å². The van der Waals surface area contributed by atoms with Crippen molar-refractivity contribution >= 4 is 27.5 Å². The molecule has 0 spiro atoms. The number of sulfonamides is 1. The number of para-hydroxylation sites is 1. The Morgan fingerprint density at radius 1 is 1.03 bits per heavy atom. The van der Waals surface area contributed by atoms with Crippen molar-refractivity contribution in [2.75, 3.05) is 17.1 Å². The van der Waals surface area contributed by atoms with E-state index in [9.17, 15) is 18.0 Å². The fraction of sp³-hybridized carbons (Fsp3) is 0.440. The maximum Gasteiger partial charge on any atom is 0.244 e. The highest BCUT2D eigenvalue weighted by atomic mass is 32.2. The molecular weight excluding hydrogens is 438 g/mol. The van der Waals surface area contributed by atoms with Crippen molar-refractivity contribution in [1.82, 2.24) is 10.2 Å². The van der Waals surface area contributed by atoms with Crippen LogP contribution in [0.1, 0.15) is 45.2 Å². The minimum atomic E-state index is -3.72. The largest absolute Gasteiger partial charge is 0.350 e. The van der Waals surface area contributed by atoms with Crippen LogP contribution >= 0.6 is 0 Å². The van der Waals surface area contributed by atoms with Crippen LogP contribution in [-0.2, 0) is 26.2 Å². The Kier molecular flexibility index (Phi) is 8.66. The maximum absolute atomic E-state index is 13.6. The lowest BCUT2D eigenvalue weighted by atomic mass is 10.0. The molecule has 8 heteroatoms. The molecule has 0 bridgehead atoms. The summed E-state index contributed by atoms with van der Waals surface area (Å²) < 4.78 is 26.1. The molecule has 0 saturated heterocycles. The van der Waals surface area contributed by atoms with E-state index in [1.54, 1.807) is 30.3 Å². The summed E-state index contributed by atoms with van der Waals surface area (Å²) in [4.78, 5) is 28.2. The fourth-order valence-corrected chi connectivity index (χ4v) is 4.44.